The van der Waals surface area contributed by atoms with Crippen LogP contribution >= 0.6 is 0 Å². The molecule has 0 saturated carbocycles. The number of ketones is 2. The Hall–Kier alpha value is -8.46. The van der Waals surface area contributed by atoms with Gasteiger partial charge in [0.2, 0.25) is 0 Å². The van der Waals surface area contributed by atoms with Crippen molar-refractivity contribution in [2.24, 2.45) is 37.9 Å². The Bertz CT molecular complexity index is 5610. The number of hydrogen-bond acceptors (Lipinski definition) is 12. The highest BCUT2D eigenvalue weighted by molar-refractivity contribution is 7.92. The molecule has 4 heterocycles. The molecule has 0 spiro atoms. The van der Waals surface area contributed by atoms with Crippen LogP contribution in [-0.2, 0) is 112 Å². The molecule has 14 heteroatoms. The SMILES string of the molecule is CC(C)(C)CC(=O)c1ccc(CC(C)(C)C)cc1.CC(C)(C)CCc1cccc(C(C)(C)C)c1.CC(C)(C)CCc1ccnc(C(C)(C)C)c1.CC(C)(C)Cc1cccc(C(C)(C)C)c1.CC(C)(C)Cc1ccnc(C(C)(C)C)c1.CC(C)(C)Oc1cccc(CS(=O)(=O)C(C)(C)C)c1.CC(C)(C)Oc1ccnc(CC(=O)C(C)(C)C)c1.CC(C)(C)c1cccc(CS(=O)(=O)C(C)(C)C)c1.CC(C)(C)c1ccnc(C(C)(C)C)c1. The highest BCUT2D eigenvalue weighted by atomic mass is 32.2. The van der Waals surface area contributed by atoms with Gasteiger partial charge in [-0.2, -0.15) is 0 Å². The van der Waals surface area contributed by atoms with E-state index in [0.717, 1.165) is 53.8 Å². The summed E-state index contributed by atoms with van der Waals surface area (Å²) in [7, 11) is -6.28. The van der Waals surface area contributed by atoms with Gasteiger partial charge in [0.1, 0.15) is 28.5 Å². The molecule has 0 aliphatic rings. The molecule has 0 fully saturated rings. The fourth-order valence-electron chi connectivity index (χ4n) is 14.4. The van der Waals surface area contributed by atoms with Crippen molar-refractivity contribution in [3.63, 3.8) is 0 Å². The van der Waals surface area contributed by atoms with Crippen LogP contribution in [0.2, 0.25) is 0 Å². The van der Waals surface area contributed by atoms with Crippen LogP contribution in [0.5, 0.6) is 11.5 Å². The van der Waals surface area contributed by atoms with Crippen molar-refractivity contribution in [2.45, 2.75) is 502 Å². The van der Waals surface area contributed by atoms with Crippen molar-refractivity contribution < 1.29 is 35.9 Å². The second-order valence-corrected chi connectivity index (χ2v) is 66.2. The Kier molecular flexibility index (Phi) is 51.2. The molecule has 0 N–H and O–H groups in total. The summed E-state index contributed by atoms with van der Waals surface area (Å²) in [6, 6.07) is 58.1. The van der Waals surface area contributed by atoms with Gasteiger partial charge in [0.15, 0.2) is 25.5 Å². The molecule has 149 heavy (non-hydrogen) atoms. The van der Waals surface area contributed by atoms with Crippen LogP contribution in [0.4, 0.5) is 0 Å². The molecule has 0 radical (unpaired) electrons. The van der Waals surface area contributed by atoms with Gasteiger partial charge in [0.25, 0.3) is 0 Å². The standard InChI is InChI=1S/C17H26O.C16H26.C15H23NO2.C15H25N.C15H24O3S.C15H24O2S.C15H24.C14H23N.C13H21N/c1-16(2,3)11-13-7-9-14(10-8-13)15(18)12-17(4,5)6;1-15(2,3)11-10-13-8-7-9-14(12-13)16(4,5)6;1-14(2,3)13(17)10-11-9-12(7-8-16-11)18-15(4,5)6;1-14(2,3)9-7-12-8-10-16-13(11-12)15(4,5)6;1-14(2,3)18-13-9-7-8-12(10-13)11-19(16,17)15(4,5)6;1-14(2,3)13-9-7-8-12(10-13)11-18(16,17)15(4,5)6;1-14(2,3)11-12-8-7-9-13(10-12)15(4,5)6;1-13(2,3)10-11-7-8-15-12(9-11)14(4,5)6;1-12(2,3)10-7-8-14-11(9-10)13(4,5)6/h7-10H,11-12H2,1-6H3;7-9,12H,10-11H2,1-6H3;7-9H,10H2,1-6H3;8,10-11H,7,9H2,1-6H3;7-10H,11H2,1-6H3;7-10H,11H2,1-6H3;7-10H,11H2,1-6H3;7-9H,10H2,1-6H3;7-9H,1-6H3. The summed E-state index contributed by atoms with van der Waals surface area (Å²) < 4.78 is 58.8. The molecular formula is C135H216N4O8S2. The second-order valence-electron chi connectivity index (χ2n) is 60.7. The average molecular weight is 2090 g/mol. The van der Waals surface area contributed by atoms with Crippen molar-refractivity contribution in [2.75, 3.05) is 0 Å². The van der Waals surface area contributed by atoms with Crippen LogP contribution in [0.25, 0.3) is 0 Å². The minimum Gasteiger partial charge on any atom is -0.488 e. The number of carbonyl (C=O) groups is 2. The highest BCUT2D eigenvalue weighted by Crippen LogP contribution is 2.36. The predicted molar refractivity (Wildman–Crippen MR) is 647 cm³/mol. The summed E-state index contributed by atoms with van der Waals surface area (Å²) in [6.45, 7) is 115. The third kappa shape index (κ3) is 61.3. The van der Waals surface area contributed by atoms with Gasteiger partial charge in [-0.3, -0.25) is 29.5 Å². The lowest BCUT2D eigenvalue weighted by Gasteiger charge is -2.23. The molecule has 0 bridgehead atoms. The van der Waals surface area contributed by atoms with E-state index in [9.17, 15) is 26.4 Å². The first-order valence-electron chi connectivity index (χ1n) is 54.6. The van der Waals surface area contributed by atoms with Crippen molar-refractivity contribution in [1.29, 1.82) is 0 Å². The minimum atomic E-state index is -3.17. The van der Waals surface area contributed by atoms with Crippen LogP contribution in [0.3, 0.4) is 0 Å². The molecule has 0 saturated heterocycles. The molecule has 836 valence electrons. The summed E-state index contributed by atoms with van der Waals surface area (Å²) >= 11 is 0. The maximum Gasteiger partial charge on any atom is 0.163 e. The molecular weight excluding hydrogens is 1870 g/mol. The van der Waals surface area contributed by atoms with E-state index in [1.165, 1.54) is 86.4 Å². The number of aromatic nitrogens is 4. The number of hydrogen-bond donors (Lipinski definition) is 0. The minimum absolute atomic E-state index is 0.0395. The molecule has 0 unspecified atom stereocenters. The van der Waals surface area contributed by atoms with E-state index in [1.807, 2.05) is 148 Å². The molecule has 5 aromatic carbocycles. The molecule has 12 nitrogen and oxygen atoms in total. The molecule has 0 aliphatic carbocycles. The van der Waals surface area contributed by atoms with Gasteiger partial charge in [-0.05, 0) is 298 Å². The first-order valence-corrected chi connectivity index (χ1v) is 57.9. The molecule has 4 aromatic heterocycles. The average Bonchev–Trinajstić information content (AvgIpc) is 0.786. The van der Waals surface area contributed by atoms with Crippen LogP contribution in [0.1, 0.15) is 487 Å². The number of aryl methyl sites for hydroxylation is 2. The van der Waals surface area contributed by atoms with Gasteiger partial charge in [-0.25, -0.2) is 16.8 Å². The number of pyridine rings is 4. The van der Waals surface area contributed by atoms with E-state index in [1.54, 1.807) is 53.8 Å². The van der Waals surface area contributed by atoms with Gasteiger partial charge in [0, 0.05) is 88.0 Å². The van der Waals surface area contributed by atoms with E-state index in [0.29, 0.717) is 40.3 Å². The third-order valence-corrected chi connectivity index (χ3v) is 28.9. The van der Waals surface area contributed by atoms with Crippen LogP contribution in [0, 0.1) is 37.9 Å². The summed E-state index contributed by atoms with van der Waals surface area (Å²) in [4.78, 5) is 41.5. The van der Waals surface area contributed by atoms with E-state index in [2.05, 4.69) is 387 Å². The largest absolute Gasteiger partial charge is 0.488 e. The fraction of sp³-hybridized carbons (Fsp3) is 0.615. The zero-order valence-corrected chi connectivity index (χ0v) is 107. The molecule has 9 aromatic rings. The Morgan fingerprint density at radius 3 is 0.906 bits per heavy atom. The number of ether oxygens (including phenoxy) is 2. The highest BCUT2D eigenvalue weighted by Gasteiger charge is 2.33. The van der Waals surface area contributed by atoms with Gasteiger partial charge >= 0.3 is 0 Å². The zero-order valence-electron chi connectivity index (χ0n) is 105. The van der Waals surface area contributed by atoms with Crippen molar-refractivity contribution in [1.82, 2.24) is 19.9 Å². The normalized spacial score (nSPS) is 13.0. The molecule has 9 rings (SSSR count). The number of Topliss-reactive ketones (excluding diaryl/α,β-unsaturated/α-hetero) is 2. The number of rotatable bonds is 17. The predicted octanol–water partition coefficient (Wildman–Crippen LogP) is 37.1. The lowest BCUT2D eigenvalue weighted by molar-refractivity contribution is -0.125. The van der Waals surface area contributed by atoms with E-state index in [4.69, 9.17) is 9.47 Å². The van der Waals surface area contributed by atoms with Gasteiger partial charge < -0.3 is 9.47 Å². The number of carbonyl (C=O) groups excluding carboxylic acids is 2. The first kappa shape index (κ1) is 139. The smallest absolute Gasteiger partial charge is 0.163 e. The van der Waals surface area contributed by atoms with E-state index < -0.39 is 29.2 Å². The van der Waals surface area contributed by atoms with Gasteiger partial charge in [-0.15, -0.1) is 0 Å². The van der Waals surface area contributed by atoms with Crippen molar-refractivity contribution in [3.05, 3.63) is 284 Å². The van der Waals surface area contributed by atoms with E-state index in [-0.39, 0.29) is 88.4 Å². The number of nitrogens with zero attached hydrogens (tertiary/aromatic N) is 4. The summed E-state index contributed by atoms with van der Waals surface area (Å²) in [6.07, 6.45) is 16.5. The van der Waals surface area contributed by atoms with Gasteiger partial charge in [0.05, 0.1) is 26.7 Å². The van der Waals surface area contributed by atoms with Crippen LogP contribution in [-0.4, -0.2) is 69.0 Å². The zero-order chi connectivity index (χ0) is 116. The summed E-state index contributed by atoms with van der Waals surface area (Å²) in [5, 5.41) is 0. The van der Waals surface area contributed by atoms with Gasteiger partial charge in [-0.1, -0.05) is 400 Å². The van der Waals surface area contributed by atoms with Crippen LogP contribution in [0.15, 0.2) is 195 Å². The Morgan fingerprint density at radius 2 is 0.557 bits per heavy atom. The van der Waals surface area contributed by atoms with Crippen molar-refractivity contribution in [3.8, 4) is 11.5 Å². The Morgan fingerprint density at radius 1 is 0.262 bits per heavy atom. The number of benzene rings is 5. The third-order valence-electron chi connectivity index (χ3n) is 23.7. The maximum atomic E-state index is 12.2. The summed E-state index contributed by atoms with van der Waals surface area (Å²) in [5.74, 6) is 2.04. The topological polar surface area (TPSA) is 172 Å². The lowest BCUT2D eigenvalue weighted by Crippen LogP contribution is -2.29. The lowest BCUT2D eigenvalue weighted by atomic mass is 9.83. The van der Waals surface area contributed by atoms with Crippen LogP contribution < -0.4 is 9.47 Å². The molecule has 0 aliphatic heterocycles. The number of sulfone groups is 2. The Balaban J connectivity index is 0.000000839. The second kappa shape index (κ2) is 55.1. The monoisotopic (exact) mass is 2090 g/mol. The Labute approximate surface area is 916 Å². The van der Waals surface area contributed by atoms with Crippen molar-refractivity contribution >= 4 is 31.2 Å². The molecule has 0 amide bonds. The quantitative estimate of drug-likeness (QED) is 0.0791. The summed E-state index contributed by atoms with van der Waals surface area (Å²) in [5.41, 5.74) is 21.5. The maximum absolute atomic E-state index is 12.2. The first-order chi connectivity index (χ1) is 66.4. The fourth-order valence-corrected chi connectivity index (χ4v) is 16.5. The van der Waals surface area contributed by atoms with E-state index >= 15 is 0 Å². The molecule has 0 atom stereocenters.